The Morgan fingerprint density at radius 2 is 1.94 bits per heavy atom. The standard InChI is InChI=1S/C10H14N2O4S/c1-12(2)17(14,15)9-6-7(10(11)13)4-5-8(9)16-3/h4-6H,1-3H3,(H2,11,13). The molecule has 0 aliphatic rings. The van der Waals surface area contributed by atoms with Crippen molar-refractivity contribution in [3.63, 3.8) is 0 Å². The number of hydrogen-bond donors (Lipinski definition) is 1. The fraction of sp³-hybridized carbons (Fsp3) is 0.300. The first-order valence-corrected chi connectivity index (χ1v) is 6.15. The predicted octanol–water partition coefficient (Wildman–Crippen LogP) is 0.0444. The number of sulfonamides is 1. The maximum atomic E-state index is 12.0. The first kappa shape index (κ1) is 13.5. The number of carbonyl (C=O) groups excluding carboxylic acids is 1. The molecule has 0 saturated carbocycles. The summed E-state index contributed by atoms with van der Waals surface area (Å²) in [5, 5.41) is 0. The van der Waals surface area contributed by atoms with Crippen molar-refractivity contribution in [2.24, 2.45) is 5.73 Å². The molecule has 0 bridgehead atoms. The van der Waals surface area contributed by atoms with Gasteiger partial charge in [-0.2, -0.15) is 0 Å². The van der Waals surface area contributed by atoms with Crippen LogP contribution in [0.1, 0.15) is 10.4 Å². The lowest BCUT2D eigenvalue weighted by Gasteiger charge is -2.14. The number of nitrogens with two attached hydrogens (primary N) is 1. The van der Waals surface area contributed by atoms with E-state index < -0.39 is 15.9 Å². The smallest absolute Gasteiger partial charge is 0.248 e. The molecule has 2 N–H and O–H groups in total. The third-order valence-electron chi connectivity index (χ3n) is 2.21. The van der Waals surface area contributed by atoms with E-state index in [4.69, 9.17) is 10.5 Å². The van der Waals surface area contributed by atoms with E-state index in [1.54, 1.807) is 0 Å². The van der Waals surface area contributed by atoms with Crippen LogP contribution in [0.5, 0.6) is 5.75 Å². The summed E-state index contributed by atoms with van der Waals surface area (Å²) < 4.78 is 30.0. The van der Waals surface area contributed by atoms with Gasteiger partial charge in [-0.1, -0.05) is 0 Å². The van der Waals surface area contributed by atoms with Crippen molar-refractivity contribution >= 4 is 15.9 Å². The molecule has 7 heteroatoms. The number of rotatable bonds is 4. The van der Waals surface area contributed by atoms with Crippen LogP contribution in [0.3, 0.4) is 0 Å². The van der Waals surface area contributed by atoms with Crippen molar-refractivity contribution in [1.82, 2.24) is 4.31 Å². The van der Waals surface area contributed by atoms with Crippen LogP contribution in [0, 0.1) is 0 Å². The van der Waals surface area contributed by atoms with E-state index in [2.05, 4.69) is 0 Å². The van der Waals surface area contributed by atoms with Crippen molar-refractivity contribution in [2.75, 3.05) is 21.2 Å². The molecule has 0 heterocycles. The molecule has 0 aliphatic carbocycles. The van der Waals surface area contributed by atoms with Gasteiger partial charge >= 0.3 is 0 Å². The van der Waals surface area contributed by atoms with Gasteiger partial charge < -0.3 is 10.5 Å². The zero-order valence-electron chi connectivity index (χ0n) is 9.80. The number of hydrogen-bond acceptors (Lipinski definition) is 4. The SMILES string of the molecule is COc1ccc(C(N)=O)cc1S(=O)(=O)N(C)C. The summed E-state index contributed by atoms with van der Waals surface area (Å²) in [7, 11) is 0.469. The van der Waals surface area contributed by atoms with Crippen molar-refractivity contribution in [3.05, 3.63) is 23.8 Å². The summed E-state index contributed by atoms with van der Waals surface area (Å²) in [6, 6.07) is 4.02. The topological polar surface area (TPSA) is 89.7 Å². The van der Waals surface area contributed by atoms with Crippen LogP contribution in [-0.4, -0.2) is 39.8 Å². The third-order valence-corrected chi connectivity index (χ3v) is 4.04. The molecule has 0 aromatic heterocycles. The van der Waals surface area contributed by atoms with Gasteiger partial charge in [0.25, 0.3) is 0 Å². The molecular weight excluding hydrogens is 244 g/mol. The lowest BCUT2D eigenvalue weighted by molar-refractivity contribution is 0.1000. The molecule has 0 aliphatic heterocycles. The van der Waals surface area contributed by atoms with Crippen LogP contribution in [0.15, 0.2) is 23.1 Å². The highest BCUT2D eigenvalue weighted by Crippen LogP contribution is 2.26. The minimum atomic E-state index is -3.68. The van der Waals surface area contributed by atoms with Crippen LogP contribution in [0.25, 0.3) is 0 Å². The molecule has 0 spiro atoms. The fourth-order valence-corrected chi connectivity index (χ4v) is 2.30. The van der Waals surface area contributed by atoms with Crippen LogP contribution < -0.4 is 10.5 Å². The summed E-state index contributed by atoms with van der Waals surface area (Å²) in [4.78, 5) is 10.9. The molecule has 17 heavy (non-hydrogen) atoms. The number of nitrogens with zero attached hydrogens (tertiary/aromatic N) is 1. The zero-order valence-corrected chi connectivity index (χ0v) is 10.6. The monoisotopic (exact) mass is 258 g/mol. The summed E-state index contributed by atoms with van der Waals surface area (Å²) >= 11 is 0. The van der Waals surface area contributed by atoms with Gasteiger partial charge in [0.2, 0.25) is 15.9 Å². The number of benzene rings is 1. The van der Waals surface area contributed by atoms with E-state index in [1.807, 2.05) is 0 Å². The molecule has 94 valence electrons. The highest BCUT2D eigenvalue weighted by molar-refractivity contribution is 7.89. The summed E-state index contributed by atoms with van der Waals surface area (Å²) in [5.41, 5.74) is 5.22. The summed E-state index contributed by atoms with van der Waals surface area (Å²) in [5.74, 6) is -0.522. The lowest BCUT2D eigenvalue weighted by atomic mass is 10.2. The van der Waals surface area contributed by atoms with Gasteiger partial charge in [0, 0.05) is 19.7 Å². The number of amides is 1. The van der Waals surface area contributed by atoms with Gasteiger partial charge in [-0.25, -0.2) is 12.7 Å². The first-order valence-electron chi connectivity index (χ1n) is 4.71. The average molecular weight is 258 g/mol. The number of primary amides is 1. The molecule has 1 amide bonds. The van der Waals surface area contributed by atoms with E-state index >= 15 is 0 Å². The predicted molar refractivity (Wildman–Crippen MR) is 62.4 cm³/mol. The Morgan fingerprint density at radius 1 is 1.35 bits per heavy atom. The van der Waals surface area contributed by atoms with Gasteiger partial charge in [0.05, 0.1) is 7.11 Å². The molecule has 0 saturated heterocycles. The van der Waals surface area contributed by atoms with Crippen molar-refractivity contribution in [2.45, 2.75) is 4.90 Å². The Labute approximate surface area is 100 Å². The number of methoxy groups -OCH3 is 1. The minimum absolute atomic E-state index is 0.0821. The second-order valence-corrected chi connectivity index (χ2v) is 5.64. The molecule has 6 nitrogen and oxygen atoms in total. The average Bonchev–Trinajstić information content (AvgIpc) is 2.27. The Morgan fingerprint density at radius 3 is 2.35 bits per heavy atom. The second-order valence-electron chi connectivity index (χ2n) is 3.52. The molecule has 1 aromatic rings. The maximum Gasteiger partial charge on any atom is 0.248 e. The van der Waals surface area contributed by atoms with Gasteiger partial charge in [0.15, 0.2) is 0 Å². The zero-order chi connectivity index (χ0) is 13.2. The van der Waals surface area contributed by atoms with E-state index in [1.165, 1.54) is 39.4 Å². The Balaban J connectivity index is 3.49. The van der Waals surface area contributed by atoms with Gasteiger partial charge in [-0.3, -0.25) is 4.79 Å². The summed E-state index contributed by atoms with van der Waals surface area (Å²) in [6.45, 7) is 0. The first-order chi connectivity index (χ1) is 7.80. The lowest BCUT2D eigenvalue weighted by Crippen LogP contribution is -2.23. The largest absolute Gasteiger partial charge is 0.495 e. The third kappa shape index (κ3) is 2.56. The van der Waals surface area contributed by atoms with E-state index in [9.17, 15) is 13.2 Å². The Kier molecular flexibility index (Phi) is 3.74. The molecule has 0 fully saturated rings. The molecule has 1 rings (SSSR count). The second kappa shape index (κ2) is 4.72. The van der Waals surface area contributed by atoms with Crippen molar-refractivity contribution in [1.29, 1.82) is 0 Å². The van der Waals surface area contributed by atoms with Crippen LogP contribution in [0.2, 0.25) is 0 Å². The molecule has 0 unspecified atom stereocenters. The Hall–Kier alpha value is -1.60. The fourth-order valence-electron chi connectivity index (χ4n) is 1.23. The van der Waals surface area contributed by atoms with E-state index in [0.29, 0.717) is 0 Å². The number of ether oxygens (including phenoxy) is 1. The van der Waals surface area contributed by atoms with Crippen molar-refractivity contribution in [3.8, 4) is 5.75 Å². The Bertz CT molecular complexity index is 537. The van der Waals surface area contributed by atoms with Gasteiger partial charge in [-0.15, -0.1) is 0 Å². The van der Waals surface area contributed by atoms with Gasteiger partial charge in [-0.05, 0) is 18.2 Å². The number of carbonyl (C=O) groups is 1. The summed E-state index contributed by atoms with van der Waals surface area (Å²) in [6.07, 6.45) is 0. The highest BCUT2D eigenvalue weighted by atomic mass is 32.2. The van der Waals surface area contributed by atoms with E-state index in [-0.39, 0.29) is 16.2 Å². The molecule has 0 atom stereocenters. The molecule has 0 radical (unpaired) electrons. The van der Waals surface area contributed by atoms with Crippen molar-refractivity contribution < 1.29 is 17.9 Å². The molecule has 1 aromatic carbocycles. The maximum absolute atomic E-state index is 12.0. The molecular formula is C10H14N2O4S. The van der Waals surface area contributed by atoms with Crippen LogP contribution >= 0.6 is 0 Å². The normalized spacial score (nSPS) is 11.5. The van der Waals surface area contributed by atoms with Crippen LogP contribution in [-0.2, 0) is 10.0 Å². The highest BCUT2D eigenvalue weighted by Gasteiger charge is 2.23. The van der Waals surface area contributed by atoms with E-state index in [0.717, 1.165) is 4.31 Å². The minimum Gasteiger partial charge on any atom is -0.495 e. The van der Waals surface area contributed by atoms with Gasteiger partial charge in [0.1, 0.15) is 10.6 Å². The quantitative estimate of drug-likeness (QED) is 0.826. The van der Waals surface area contributed by atoms with Crippen LogP contribution in [0.4, 0.5) is 0 Å².